The van der Waals surface area contributed by atoms with Crippen molar-refractivity contribution >= 4 is 11.8 Å². The molecule has 104 valence electrons. The van der Waals surface area contributed by atoms with Gasteiger partial charge in [0, 0.05) is 9.79 Å². The second kappa shape index (κ2) is 5.90. The van der Waals surface area contributed by atoms with E-state index in [0.29, 0.717) is 9.79 Å². The minimum Gasteiger partial charge on any atom is -0.192 e. The van der Waals surface area contributed by atoms with Crippen molar-refractivity contribution in [2.24, 2.45) is 0 Å². The van der Waals surface area contributed by atoms with E-state index in [1.54, 1.807) is 12.1 Å². The summed E-state index contributed by atoms with van der Waals surface area (Å²) < 4.78 is 37.4. The van der Waals surface area contributed by atoms with Gasteiger partial charge in [-0.05, 0) is 42.5 Å². The van der Waals surface area contributed by atoms with Crippen LogP contribution in [0.5, 0.6) is 0 Å². The van der Waals surface area contributed by atoms with E-state index >= 15 is 0 Å². The van der Waals surface area contributed by atoms with E-state index < -0.39 is 11.7 Å². The Bertz CT molecular complexity index is 737. The molecule has 2 aromatic rings. The molecule has 0 aliphatic carbocycles. The minimum absolute atomic E-state index is 0.245. The molecule has 0 spiro atoms. The molecule has 0 fully saturated rings. The SMILES string of the molecule is N#Cc1ccc(Sc2ccc(C(F)(F)F)cc2)cc1C#N. The fourth-order valence-electron chi connectivity index (χ4n) is 1.62. The zero-order chi connectivity index (χ0) is 15.5. The first-order valence-electron chi connectivity index (χ1n) is 5.73. The van der Waals surface area contributed by atoms with E-state index in [9.17, 15) is 13.2 Å². The Hall–Kier alpha value is -2.44. The number of hydrogen-bond acceptors (Lipinski definition) is 3. The molecule has 6 heteroatoms. The Kier molecular flexibility index (Phi) is 4.21. The monoisotopic (exact) mass is 304 g/mol. The summed E-state index contributed by atoms with van der Waals surface area (Å²) in [6.07, 6.45) is -4.36. The van der Waals surface area contributed by atoms with Crippen LogP contribution in [0.2, 0.25) is 0 Å². The van der Waals surface area contributed by atoms with Gasteiger partial charge in [-0.1, -0.05) is 11.8 Å². The number of halogens is 3. The number of nitriles is 2. The molecule has 0 amide bonds. The first-order chi connectivity index (χ1) is 9.94. The van der Waals surface area contributed by atoms with Crippen molar-refractivity contribution in [1.82, 2.24) is 0 Å². The lowest BCUT2D eigenvalue weighted by Gasteiger charge is -2.07. The van der Waals surface area contributed by atoms with Gasteiger partial charge < -0.3 is 0 Å². The maximum Gasteiger partial charge on any atom is 0.416 e. The fraction of sp³-hybridized carbons (Fsp3) is 0.0667. The van der Waals surface area contributed by atoms with Gasteiger partial charge in [0.25, 0.3) is 0 Å². The van der Waals surface area contributed by atoms with E-state index in [0.717, 1.165) is 12.1 Å². The molecule has 2 nitrogen and oxygen atoms in total. The van der Waals surface area contributed by atoms with Gasteiger partial charge in [-0.15, -0.1) is 0 Å². The van der Waals surface area contributed by atoms with Gasteiger partial charge in [0.2, 0.25) is 0 Å². The molecule has 0 saturated carbocycles. The third-order valence-electron chi connectivity index (χ3n) is 2.65. The Labute approximate surface area is 123 Å². The smallest absolute Gasteiger partial charge is 0.192 e. The topological polar surface area (TPSA) is 47.6 Å². The van der Waals surface area contributed by atoms with Crippen molar-refractivity contribution in [3.8, 4) is 12.1 Å². The van der Waals surface area contributed by atoms with Crippen LogP contribution in [0.4, 0.5) is 13.2 Å². The molecule has 0 aliphatic heterocycles. The molecular weight excluding hydrogens is 297 g/mol. The predicted molar refractivity (Wildman–Crippen MR) is 71.4 cm³/mol. The van der Waals surface area contributed by atoms with Gasteiger partial charge in [0.1, 0.15) is 12.1 Å². The van der Waals surface area contributed by atoms with Gasteiger partial charge in [0.15, 0.2) is 0 Å². The average molecular weight is 304 g/mol. The van der Waals surface area contributed by atoms with Gasteiger partial charge >= 0.3 is 6.18 Å². The highest BCUT2D eigenvalue weighted by Crippen LogP contribution is 2.33. The zero-order valence-electron chi connectivity index (χ0n) is 10.5. The Morgan fingerprint density at radius 2 is 1.38 bits per heavy atom. The summed E-state index contributed by atoms with van der Waals surface area (Å²) in [5.74, 6) is 0. The van der Waals surface area contributed by atoms with Crippen molar-refractivity contribution in [1.29, 1.82) is 10.5 Å². The molecule has 0 aromatic heterocycles. The largest absolute Gasteiger partial charge is 0.416 e. The van der Waals surface area contributed by atoms with E-state index in [-0.39, 0.29) is 11.1 Å². The number of nitrogens with zero attached hydrogens (tertiary/aromatic N) is 2. The fourth-order valence-corrected chi connectivity index (χ4v) is 2.48. The van der Waals surface area contributed by atoms with Crippen molar-refractivity contribution in [2.45, 2.75) is 16.0 Å². The molecule has 0 bridgehead atoms. The second-order valence-corrected chi connectivity index (χ2v) is 5.20. The molecular formula is C15H7F3N2S. The van der Waals surface area contributed by atoms with E-state index in [1.807, 2.05) is 12.1 Å². The molecule has 0 heterocycles. The summed E-state index contributed by atoms with van der Waals surface area (Å²) in [7, 11) is 0. The Balaban J connectivity index is 2.23. The van der Waals surface area contributed by atoms with Gasteiger partial charge in [0.05, 0.1) is 16.7 Å². The standard InChI is InChI=1S/C15H7F3N2S/c16-15(17,18)12-2-5-13(6-3-12)21-14-4-1-10(8-19)11(7-14)9-20/h1-7H. The number of hydrogen-bond donors (Lipinski definition) is 0. The molecule has 21 heavy (non-hydrogen) atoms. The normalized spacial score (nSPS) is 10.7. The number of alkyl halides is 3. The number of rotatable bonds is 2. The summed E-state index contributed by atoms with van der Waals surface area (Å²) in [5.41, 5.74) is -0.187. The lowest BCUT2D eigenvalue weighted by atomic mass is 10.1. The van der Waals surface area contributed by atoms with Gasteiger partial charge in [-0.25, -0.2) is 0 Å². The van der Waals surface area contributed by atoms with Crippen LogP contribution < -0.4 is 0 Å². The highest BCUT2D eigenvalue weighted by Gasteiger charge is 2.29. The zero-order valence-corrected chi connectivity index (χ0v) is 11.3. The lowest BCUT2D eigenvalue weighted by molar-refractivity contribution is -0.137. The first-order valence-corrected chi connectivity index (χ1v) is 6.55. The van der Waals surface area contributed by atoms with Crippen molar-refractivity contribution in [3.05, 3.63) is 59.2 Å². The van der Waals surface area contributed by atoms with Crippen LogP contribution in [0.25, 0.3) is 0 Å². The van der Waals surface area contributed by atoms with Crippen LogP contribution in [-0.4, -0.2) is 0 Å². The van der Waals surface area contributed by atoms with Crippen LogP contribution >= 0.6 is 11.8 Å². The molecule has 0 radical (unpaired) electrons. The van der Waals surface area contributed by atoms with Crippen molar-refractivity contribution < 1.29 is 13.2 Å². The molecule has 2 rings (SSSR count). The highest BCUT2D eigenvalue weighted by molar-refractivity contribution is 7.99. The second-order valence-electron chi connectivity index (χ2n) is 4.06. The average Bonchev–Trinajstić information content (AvgIpc) is 2.46. The van der Waals surface area contributed by atoms with E-state index in [2.05, 4.69) is 0 Å². The van der Waals surface area contributed by atoms with Gasteiger partial charge in [-0.3, -0.25) is 0 Å². The highest BCUT2D eigenvalue weighted by atomic mass is 32.2. The van der Waals surface area contributed by atoms with E-state index in [1.165, 1.54) is 30.0 Å². The number of benzene rings is 2. The third-order valence-corrected chi connectivity index (χ3v) is 3.65. The maximum atomic E-state index is 12.5. The van der Waals surface area contributed by atoms with E-state index in [4.69, 9.17) is 10.5 Å². The lowest BCUT2D eigenvalue weighted by Crippen LogP contribution is -2.03. The molecule has 0 atom stereocenters. The summed E-state index contributed by atoms with van der Waals surface area (Å²) in [5, 5.41) is 17.8. The van der Waals surface area contributed by atoms with Crippen LogP contribution in [0, 0.1) is 22.7 Å². The Morgan fingerprint density at radius 1 is 0.810 bits per heavy atom. The van der Waals surface area contributed by atoms with Crippen molar-refractivity contribution in [3.63, 3.8) is 0 Å². The molecule has 0 N–H and O–H groups in total. The van der Waals surface area contributed by atoms with Crippen LogP contribution in [0.3, 0.4) is 0 Å². The molecule has 0 aliphatic rings. The van der Waals surface area contributed by atoms with Crippen LogP contribution in [0.1, 0.15) is 16.7 Å². The van der Waals surface area contributed by atoms with Crippen molar-refractivity contribution in [2.75, 3.05) is 0 Å². The summed E-state index contributed by atoms with van der Waals surface area (Å²) >= 11 is 1.23. The maximum absolute atomic E-state index is 12.5. The summed E-state index contributed by atoms with van der Waals surface area (Å²) in [4.78, 5) is 1.31. The predicted octanol–water partition coefficient (Wildman–Crippen LogP) is 4.60. The molecule has 0 unspecified atom stereocenters. The molecule has 2 aromatic carbocycles. The minimum atomic E-state index is -4.36. The van der Waals surface area contributed by atoms with Crippen LogP contribution in [0.15, 0.2) is 52.3 Å². The van der Waals surface area contributed by atoms with Crippen LogP contribution in [-0.2, 0) is 6.18 Å². The quantitative estimate of drug-likeness (QED) is 0.814. The summed E-state index contributed by atoms with van der Waals surface area (Å²) in [6.45, 7) is 0. The third kappa shape index (κ3) is 3.56. The van der Waals surface area contributed by atoms with Gasteiger partial charge in [-0.2, -0.15) is 23.7 Å². The summed E-state index contributed by atoms with van der Waals surface area (Å²) in [6, 6.07) is 13.3. The Morgan fingerprint density at radius 3 is 1.90 bits per heavy atom. The molecule has 0 saturated heterocycles. The first kappa shape index (κ1) is 15.0.